The molecule has 1 heterocycles. The van der Waals surface area contributed by atoms with E-state index in [1.165, 1.54) is 11.1 Å². The van der Waals surface area contributed by atoms with Crippen molar-refractivity contribution in [2.24, 2.45) is 0 Å². The lowest BCUT2D eigenvalue weighted by Crippen LogP contribution is -2.50. The van der Waals surface area contributed by atoms with Gasteiger partial charge in [0.2, 0.25) is 0 Å². The van der Waals surface area contributed by atoms with Crippen molar-refractivity contribution >= 4 is 0 Å². The van der Waals surface area contributed by atoms with Crippen molar-refractivity contribution in [3.8, 4) is 0 Å². The summed E-state index contributed by atoms with van der Waals surface area (Å²) in [5.74, 6) is 0. The zero-order valence-electron chi connectivity index (χ0n) is 11.4. The van der Waals surface area contributed by atoms with Crippen LogP contribution in [0.3, 0.4) is 0 Å². The van der Waals surface area contributed by atoms with Crippen molar-refractivity contribution in [2.75, 3.05) is 26.2 Å². The third-order valence-corrected chi connectivity index (χ3v) is 3.54. The molecule has 0 saturated carbocycles. The Kier molecular flexibility index (Phi) is 4.38. The molecule has 2 rings (SSSR count). The molecular weight excluding hydrogens is 224 g/mol. The number of benzene rings is 1. The Morgan fingerprint density at radius 3 is 2.72 bits per heavy atom. The van der Waals surface area contributed by atoms with Gasteiger partial charge in [0.15, 0.2) is 0 Å². The molecule has 100 valence electrons. The predicted molar refractivity (Wildman–Crippen MR) is 74.6 cm³/mol. The Labute approximate surface area is 110 Å². The molecular formula is C15H24N2O. The van der Waals surface area contributed by atoms with Gasteiger partial charge in [0.1, 0.15) is 0 Å². The Bertz CT molecular complexity index is 390. The summed E-state index contributed by atoms with van der Waals surface area (Å²) in [6, 6.07) is 8.72. The second-order valence-corrected chi connectivity index (χ2v) is 5.76. The van der Waals surface area contributed by atoms with E-state index >= 15 is 0 Å². The number of aliphatic hydroxyl groups excluding tert-OH is 1. The smallest absolute Gasteiger partial charge is 0.0556 e. The average molecular weight is 248 g/mol. The van der Waals surface area contributed by atoms with Crippen molar-refractivity contribution < 1.29 is 5.11 Å². The summed E-state index contributed by atoms with van der Waals surface area (Å²) < 4.78 is 0. The van der Waals surface area contributed by atoms with Crippen molar-refractivity contribution in [2.45, 2.75) is 32.4 Å². The lowest BCUT2D eigenvalue weighted by molar-refractivity contribution is 0.177. The summed E-state index contributed by atoms with van der Waals surface area (Å²) in [6.45, 7) is 8.44. The molecule has 1 aliphatic heterocycles. The fraction of sp³-hybridized carbons (Fsp3) is 0.600. The summed E-state index contributed by atoms with van der Waals surface area (Å²) in [5.41, 5.74) is 3.01. The fourth-order valence-corrected chi connectivity index (χ4v) is 2.70. The Balaban J connectivity index is 1.93. The standard InChI is InChI=1S/C15H24N2O/c1-15(2,16-8-10-18)12-17-9-7-13-5-3-4-6-14(13)11-17/h3-6,16,18H,7-12H2,1-2H3. The molecule has 1 aromatic carbocycles. The third kappa shape index (κ3) is 3.55. The summed E-state index contributed by atoms with van der Waals surface area (Å²) in [7, 11) is 0. The second kappa shape index (κ2) is 5.83. The average Bonchev–Trinajstić information content (AvgIpc) is 2.36. The molecule has 0 fully saturated rings. The van der Waals surface area contributed by atoms with Crippen LogP contribution in [-0.4, -0.2) is 41.8 Å². The topological polar surface area (TPSA) is 35.5 Å². The number of nitrogens with zero attached hydrogens (tertiary/aromatic N) is 1. The highest BCUT2D eigenvalue weighted by molar-refractivity contribution is 5.29. The van der Waals surface area contributed by atoms with Gasteiger partial charge in [-0.1, -0.05) is 24.3 Å². The fourth-order valence-electron chi connectivity index (χ4n) is 2.70. The molecule has 0 aliphatic carbocycles. The van der Waals surface area contributed by atoms with Crippen LogP contribution in [0.2, 0.25) is 0 Å². The molecule has 0 atom stereocenters. The molecule has 0 amide bonds. The van der Waals surface area contributed by atoms with Crippen LogP contribution in [0.1, 0.15) is 25.0 Å². The van der Waals surface area contributed by atoms with Gasteiger partial charge in [-0.05, 0) is 31.4 Å². The maximum atomic E-state index is 8.89. The molecule has 3 heteroatoms. The number of rotatable bonds is 5. The third-order valence-electron chi connectivity index (χ3n) is 3.54. The van der Waals surface area contributed by atoms with E-state index in [2.05, 4.69) is 48.3 Å². The summed E-state index contributed by atoms with van der Waals surface area (Å²) in [4.78, 5) is 2.49. The van der Waals surface area contributed by atoms with E-state index in [0.29, 0.717) is 6.54 Å². The van der Waals surface area contributed by atoms with Gasteiger partial charge in [-0.25, -0.2) is 0 Å². The lowest BCUT2D eigenvalue weighted by Gasteiger charge is -2.36. The summed E-state index contributed by atoms with van der Waals surface area (Å²) in [5, 5.41) is 12.3. The predicted octanol–water partition coefficient (Wildman–Crippen LogP) is 1.41. The Hall–Kier alpha value is -0.900. The quantitative estimate of drug-likeness (QED) is 0.827. The molecule has 2 N–H and O–H groups in total. The van der Waals surface area contributed by atoms with Crippen LogP contribution in [0.4, 0.5) is 0 Å². The normalized spacial score (nSPS) is 16.6. The van der Waals surface area contributed by atoms with Crippen LogP contribution in [-0.2, 0) is 13.0 Å². The van der Waals surface area contributed by atoms with Crippen LogP contribution in [0.15, 0.2) is 24.3 Å². The lowest BCUT2D eigenvalue weighted by atomic mass is 9.97. The van der Waals surface area contributed by atoms with E-state index in [0.717, 1.165) is 26.1 Å². The highest BCUT2D eigenvalue weighted by Gasteiger charge is 2.23. The van der Waals surface area contributed by atoms with Crippen molar-refractivity contribution in [3.05, 3.63) is 35.4 Å². The maximum absolute atomic E-state index is 8.89. The van der Waals surface area contributed by atoms with Crippen LogP contribution in [0, 0.1) is 0 Å². The second-order valence-electron chi connectivity index (χ2n) is 5.76. The zero-order chi connectivity index (χ0) is 13.0. The number of hydrogen-bond acceptors (Lipinski definition) is 3. The first-order chi connectivity index (χ1) is 8.61. The summed E-state index contributed by atoms with van der Waals surface area (Å²) >= 11 is 0. The molecule has 3 nitrogen and oxygen atoms in total. The highest BCUT2D eigenvalue weighted by atomic mass is 16.3. The van der Waals surface area contributed by atoms with E-state index in [1.54, 1.807) is 0 Å². The zero-order valence-corrected chi connectivity index (χ0v) is 11.4. The molecule has 1 aromatic rings. The van der Waals surface area contributed by atoms with Crippen LogP contribution in [0.5, 0.6) is 0 Å². The maximum Gasteiger partial charge on any atom is 0.0556 e. The Morgan fingerprint density at radius 1 is 1.28 bits per heavy atom. The first kappa shape index (κ1) is 13.5. The first-order valence-corrected chi connectivity index (χ1v) is 6.76. The van der Waals surface area contributed by atoms with Gasteiger partial charge in [-0.15, -0.1) is 0 Å². The van der Waals surface area contributed by atoms with Crippen LogP contribution in [0.25, 0.3) is 0 Å². The molecule has 18 heavy (non-hydrogen) atoms. The van der Waals surface area contributed by atoms with E-state index in [9.17, 15) is 0 Å². The molecule has 1 aliphatic rings. The SMILES string of the molecule is CC(C)(CN1CCc2ccccc2C1)NCCO. The number of fused-ring (bicyclic) bond motifs is 1. The monoisotopic (exact) mass is 248 g/mol. The summed E-state index contributed by atoms with van der Waals surface area (Å²) in [6.07, 6.45) is 1.15. The van der Waals surface area contributed by atoms with E-state index in [4.69, 9.17) is 5.11 Å². The number of nitrogens with one attached hydrogen (secondary N) is 1. The van der Waals surface area contributed by atoms with Crippen LogP contribution < -0.4 is 5.32 Å². The highest BCUT2D eigenvalue weighted by Crippen LogP contribution is 2.20. The van der Waals surface area contributed by atoms with Gasteiger partial charge in [0, 0.05) is 31.7 Å². The largest absolute Gasteiger partial charge is 0.395 e. The van der Waals surface area contributed by atoms with E-state index in [-0.39, 0.29) is 12.1 Å². The molecule has 0 saturated heterocycles. The number of β-amino-alcohol motifs (C(OH)–C–C–N with tert-alkyl or cyclic N) is 1. The molecule has 0 aromatic heterocycles. The molecule has 0 bridgehead atoms. The van der Waals surface area contributed by atoms with E-state index in [1.807, 2.05) is 0 Å². The van der Waals surface area contributed by atoms with Crippen molar-refractivity contribution in [1.29, 1.82) is 0 Å². The number of aliphatic hydroxyl groups is 1. The van der Waals surface area contributed by atoms with Crippen molar-refractivity contribution in [1.82, 2.24) is 10.2 Å². The minimum absolute atomic E-state index is 0.0506. The molecule has 0 spiro atoms. The minimum Gasteiger partial charge on any atom is -0.395 e. The number of hydrogen-bond donors (Lipinski definition) is 2. The van der Waals surface area contributed by atoms with Crippen LogP contribution >= 0.6 is 0 Å². The van der Waals surface area contributed by atoms with Gasteiger partial charge in [-0.2, -0.15) is 0 Å². The first-order valence-electron chi connectivity index (χ1n) is 6.76. The molecule has 0 radical (unpaired) electrons. The van der Waals surface area contributed by atoms with Gasteiger partial charge in [0.25, 0.3) is 0 Å². The molecule has 0 unspecified atom stereocenters. The van der Waals surface area contributed by atoms with Crippen molar-refractivity contribution in [3.63, 3.8) is 0 Å². The van der Waals surface area contributed by atoms with Gasteiger partial charge < -0.3 is 10.4 Å². The minimum atomic E-state index is 0.0506. The van der Waals surface area contributed by atoms with Gasteiger partial charge in [-0.3, -0.25) is 4.90 Å². The van der Waals surface area contributed by atoms with Gasteiger partial charge in [0.05, 0.1) is 6.61 Å². The van der Waals surface area contributed by atoms with Gasteiger partial charge >= 0.3 is 0 Å². The van der Waals surface area contributed by atoms with E-state index < -0.39 is 0 Å². The Morgan fingerprint density at radius 2 is 2.00 bits per heavy atom.